The molecule has 0 radical (unpaired) electrons. The van der Waals surface area contributed by atoms with E-state index in [-0.39, 0.29) is 17.7 Å². The molecule has 0 saturated carbocycles. The normalized spacial score (nSPS) is 15.1. The number of benzene rings is 1. The summed E-state index contributed by atoms with van der Waals surface area (Å²) in [5.74, 6) is 2.82. The van der Waals surface area contributed by atoms with Crippen LogP contribution in [0.3, 0.4) is 0 Å². The Kier molecular flexibility index (Phi) is 8.03. The summed E-state index contributed by atoms with van der Waals surface area (Å²) >= 11 is 0. The fourth-order valence-corrected chi connectivity index (χ4v) is 4.61. The Morgan fingerprint density at radius 3 is 2.69 bits per heavy atom. The molecular weight excluding hydrogens is 442 g/mol. The summed E-state index contributed by atoms with van der Waals surface area (Å²) < 4.78 is 12.9. The molecule has 0 unspecified atom stereocenters. The van der Waals surface area contributed by atoms with Crippen LogP contribution in [-0.4, -0.2) is 45.8 Å². The Morgan fingerprint density at radius 2 is 1.94 bits per heavy atom. The molecule has 1 amide bonds. The Hall–Kier alpha value is -2.97. The minimum absolute atomic E-state index is 0.244. The number of nitrogens with one attached hydrogen (secondary N) is 1. The Bertz CT molecular complexity index is 1150. The van der Waals surface area contributed by atoms with Gasteiger partial charge in [0.15, 0.2) is 11.6 Å². The molecule has 1 aliphatic rings. The standard InChI is InChI=1S/C27H37N5O3/c1-18(2)14-23(28-27(33)24-9-8-22(35-24)17-34-5)26-30-29-25-10-11-31(12-13-32(25)26)16-21-7-6-19(3)20(4)15-21/h6-9,15,18,23H,10-14,16-17H2,1-5H3,(H,28,33)/t23-/m1/s1. The lowest BCUT2D eigenvalue weighted by Gasteiger charge is -2.22. The number of methoxy groups -OCH3 is 1. The molecule has 2 aromatic heterocycles. The van der Waals surface area contributed by atoms with E-state index in [4.69, 9.17) is 9.15 Å². The highest BCUT2D eigenvalue weighted by Gasteiger charge is 2.27. The molecule has 0 spiro atoms. The number of amides is 1. The molecule has 8 nitrogen and oxygen atoms in total. The molecule has 1 atom stereocenters. The summed E-state index contributed by atoms with van der Waals surface area (Å²) in [6.45, 7) is 12.5. The number of rotatable bonds is 9. The van der Waals surface area contributed by atoms with Crippen molar-refractivity contribution in [3.63, 3.8) is 0 Å². The zero-order valence-corrected chi connectivity index (χ0v) is 21.5. The number of fused-ring (bicyclic) bond motifs is 1. The predicted octanol–water partition coefficient (Wildman–Crippen LogP) is 4.21. The Morgan fingerprint density at radius 1 is 1.11 bits per heavy atom. The van der Waals surface area contributed by atoms with Crippen molar-refractivity contribution < 1.29 is 13.9 Å². The zero-order chi connectivity index (χ0) is 24.9. The van der Waals surface area contributed by atoms with Crippen molar-refractivity contribution in [1.82, 2.24) is 25.0 Å². The molecule has 1 aliphatic heterocycles. The molecule has 0 aliphatic carbocycles. The fourth-order valence-electron chi connectivity index (χ4n) is 4.61. The molecule has 3 heterocycles. The lowest BCUT2D eigenvalue weighted by Crippen LogP contribution is -2.32. The minimum Gasteiger partial charge on any atom is -0.453 e. The molecule has 8 heteroatoms. The average molecular weight is 480 g/mol. The van der Waals surface area contributed by atoms with Crippen molar-refractivity contribution in [3.8, 4) is 0 Å². The number of carbonyl (C=O) groups is 1. The van der Waals surface area contributed by atoms with Gasteiger partial charge >= 0.3 is 0 Å². The number of aromatic nitrogens is 3. The summed E-state index contributed by atoms with van der Waals surface area (Å²) in [4.78, 5) is 15.5. The first-order valence-corrected chi connectivity index (χ1v) is 12.4. The first-order valence-electron chi connectivity index (χ1n) is 12.4. The maximum Gasteiger partial charge on any atom is 0.287 e. The van der Waals surface area contributed by atoms with Crippen molar-refractivity contribution in [2.45, 2.75) is 66.3 Å². The van der Waals surface area contributed by atoms with Crippen LogP contribution in [0.4, 0.5) is 0 Å². The van der Waals surface area contributed by atoms with Gasteiger partial charge in [0.05, 0.1) is 6.04 Å². The molecule has 1 aromatic carbocycles. The van der Waals surface area contributed by atoms with E-state index in [9.17, 15) is 4.79 Å². The first kappa shape index (κ1) is 25.1. The average Bonchev–Trinajstić information content (AvgIpc) is 3.40. The van der Waals surface area contributed by atoms with Crippen molar-refractivity contribution >= 4 is 5.91 Å². The van der Waals surface area contributed by atoms with E-state index < -0.39 is 0 Å². The van der Waals surface area contributed by atoms with Crippen molar-refractivity contribution in [2.75, 3.05) is 20.2 Å². The van der Waals surface area contributed by atoms with Crippen LogP contribution >= 0.6 is 0 Å². The van der Waals surface area contributed by atoms with E-state index in [1.165, 1.54) is 16.7 Å². The third-order valence-corrected chi connectivity index (χ3v) is 6.62. The van der Waals surface area contributed by atoms with Crippen LogP contribution in [-0.2, 0) is 30.9 Å². The van der Waals surface area contributed by atoms with E-state index in [1.807, 2.05) is 0 Å². The van der Waals surface area contributed by atoms with Crippen LogP contribution in [0.2, 0.25) is 0 Å². The number of ether oxygens (including phenoxy) is 1. The summed E-state index contributed by atoms with van der Waals surface area (Å²) in [5, 5.41) is 12.2. The molecule has 0 saturated heterocycles. The van der Waals surface area contributed by atoms with Crippen LogP contribution < -0.4 is 5.32 Å². The number of hydrogen-bond acceptors (Lipinski definition) is 6. The van der Waals surface area contributed by atoms with Gasteiger partial charge in [0, 0.05) is 39.7 Å². The van der Waals surface area contributed by atoms with Gasteiger partial charge in [0.2, 0.25) is 0 Å². The Labute approximate surface area is 207 Å². The fraction of sp³-hybridized carbons (Fsp3) is 0.519. The van der Waals surface area contributed by atoms with Crippen LogP contribution in [0.25, 0.3) is 0 Å². The Balaban J connectivity index is 1.47. The number of carbonyl (C=O) groups excluding carboxylic acids is 1. The molecule has 4 rings (SSSR count). The van der Waals surface area contributed by atoms with Crippen molar-refractivity contribution in [2.24, 2.45) is 5.92 Å². The second kappa shape index (κ2) is 11.2. The lowest BCUT2D eigenvalue weighted by molar-refractivity contribution is 0.0892. The van der Waals surface area contributed by atoms with Gasteiger partial charge in [0.1, 0.15) is 18.2 Å². The molecule has 0 bridgehead atoms. The van der Waals surface area contributed by atoms with E-state index >= 15 is 0 Å². The van der Waals surface area contributed by atoms with Gasteiger partial charge in [-0.25, -0.2) is 0 Å². The number of hydrogen-bond donors (Lipinski definition) is 1. The largest absolute Gasteiger partial charge is 0.453 e. The third-order valence-electron chi connectivity index (χ3n) is 6.62. The first-order chi connectivity index (χ1) is 16.8. The molecule has 0 fully saturated rings. The SMILES string of the molecule is COCc1ccc(C(=O)N[C@H](CC(C)C)c2nnc3n2CCN(Cc2ccc(C)c(C)c2)CC3)o1. The van der Waals surface area contributed by atoms with E-state index in [1.54, 1.807) is 19.2 Å². The number of nitrogens with zero attached hydrogens (tertiary/aromatic N) is 4. The number of furan rings is 1. The summed E-state index contributed by atoms with van der Waals surface area (Å²) in [6, 6.07) is 9.91. The van der Waals surface area contributed by atoms with Crippen LogP contribution in [0, 0.1) is 19.8 Å². The second-order valence-electron chi connectivity index (χ2n) is 9.93. The molecule has 3 aromatic rings. The lowest BCUT2D eigenvalue weighted by atomic mass is 10.0. The molecule has 1 N–H and O–H groups in total. The van der Waals surface area contributed by atoms with Gasteiger partial charge < -0.3 is 19.0 Å². The van der Waals surface area contributed by atoms with Crippen molar-refractivity contribution in [3.05, 3.63) is 70.2 Å². The highest BCUT2D eigenvalue weighted by Crippen LogP contribution is 2.24. The van der Waals surface area contributed by atoms with Crippen LogP contribution in [0.5, 0.6) is 0 Å². The van der Waals surface area contributed by atoms with Gasteiger partial charge in [-0.15, -0.1) is 10.2 Å². The zero-order valence-electron chi connectivity index (χ0n) is 21.5. The third kappa shape index (κ3) is 6.18. The van der Waals surface area contributed by atoms with Gasteiger partial charge in [-0.3, -0.25) is 9.69 Å². The number of aryl methyl sites for hydroxylation is 2. The van der Waals surface area contributed by atoms with Gasteiger partial charge in [-0.1, -0.05) is 32.0 Å². The van der Waals surface area contributed by atoms with Gasteiger partial charge in [0.25, 0.3) is 5.91 Å². The van der Waals surface area contributed by atoms with Gasteiger partial charge in [-0.05, 0) is 55.0 Å². The summed E-state index contributed by atoms with van der Waals surface area (Å²) in [7, 11) is 1.60. The molecule has 35 heavy (non-hydrogen) atoms. The maximum absolute atomic E-state index is 13.0. The van der Waals surface area contributed by atoms with Crippen LogP contribution in [0.1, 0.15) is 71.0 Å². The smallest absolute Gasteiger partial charge is 0.287 e. The molecular formula is C27H37N5O3. The highest BCUT2D eigenvalue weighted by atomic mass is 16.5. The van der Waals surface area contributed by atoms with Crippen molar-refractivity contribution in [1.29, 1.82) is 0 Å². The maximum atomic E-state index is 13.0. The minimum atomic E-state index is -0.250. The monoisotopic (exact) mass is 479 g/mol. The second-order valence-corrected chi connectivity index (χ2v) is 9.93. The topological polar surface area (TPSA) is 85.4 Å². The van der Waals surface area contributed by atoms with Crippen LogP contribution in [0.15, 0.2) is 34.7 Å². The summed E-state index contributed by atoms with van der Waals surface area (Å²) in [6.07, 6.45) is 1.60. The van der Waals surface area contributed by atoms with E-state index in [0.717, 1.165) is 50.7 Å². The highest BCUT2D eigenvalue weighted by molar-refractivity contribution is 5.91. The predicted molar refractivity (Wildman–Crippen MR) is 134 cm³/mol. The van der Waals surface area contributed by atoms with E-state index in [0.29, 0.717) is 18.3 Å². The van der Waals surface area contributed by atoms with E-state index in [2.05, 4.69) is 70.9 Å². The van der Waals surface area contributed by atoms with Gasteiger partial charge in [-0.2, -0.15) is 0 Å². The quantitative estimate of drug-likeness (QED) is 0.495. The summed E-state index contributed by atoms with van der Waals surface area (Å²) in [5.41, 5.74) is 3.99. The molecule has 188 valence electrons.